The Morgan fingerprint density at radius 3 is 2.13 bits per heavy atom. The quantitative estimate of drug-likeness (QED) is 0.451. The van der Waals surface area contributed by atoms with Gasteiger partial charge in [0, 0.05) is 31.8 Å². The maximum absolute atomic E-state index is 12.5. The molecule has 0 bridgehead atoms. The third-order valence-electron chi connectivity index (χ3n) is 7.21. The number of hydrogen-bond acceptors (Lipinski definition) is 6. The van der Waals surface area contributed by atoms with Gasteiger partial charge in [0.05, 0.1) is 0 Å². The van der Waals surface area contributed by atoms with Gasteiger partial charge in [-0.1, -0.05) is 48.5 Å². The standard InChI is InChI=1S/C29H34N2O7/c1-31(17-27(33)34)26(32)11-6-12-28(35)38-20-15-13-19(14-16-20)30-29(36)37-18-25-23-9-4-2-7-21(23)22-8-3-5-10-24(22)25/h2-5,7-10,19-20,25H,6,11-18H2,1H3,(H,30,36)(H,33,34). The summed E-state index contributed by atoms with van der Waals surface area (Å²) in [4.78, 5) is 48.4. The topological polar surface area (TPSA) is 122 Å². The second kappa shape index (κ2) is 12.6. The number of fused-ring (bicyclic) bond motifs is 3. The van der Waals surface area contributed by atoms with Crippen molar-refractivity contribution in [2.75, 3.05) is 20.2 Å². The van der Waals surface area contributed by atoms with Gasteiger partial charge in [0.15, 0.2) is 0 Å². The van der Waals surface area contributed by atoms with E-state index < -0.39 is 12.1 Å². The minimum absolute atomic E-state index is 0.0103. The van der Waals surface area contributed by atoms with E-state index in [0.717, 1.165) is 4.90 Å². The van der Waals surface area contributed by atoms with Crippen molar-refractivity contribution >= 4 is 23.9 Å². The van der Waals surface area contributed by atoms with Gasteiger partial charge in [-0.25, -0.2) is 4.79 Å². The molecule has 2 amide bonds. The molecule has 0 radical (unpaired) electrons. The van der Waals surface area contributed by atoms with Crippen LogP contribution in [-0.2, 0) is 23.9 Å². The first-order valence-electron chi connectivity index (χ1n) is 13.1. The second-order valence-electron chi connectivity index (χ2n) is 9.93. The van der Waals surface area contributed by atoms with Crippen LogP contribution in [0.1, 0.15) is 62.0 Å². The third kappa shape index (κ3) is 6.90. The van der Waals surface area contributed by atoms with E-state index in [9.17, 15) is 19.2 Å². The van der Waals surface area contributed by atoms with E-state index in [0.29, 0.717) is 32.1 Å². The smallest absolute Gasteiger partial charge is 0.407 e. The summed E-state index contributed by atoms with van der Waals surface area (Å²) in [6.45, 7) is -0.0992. The number of carbonyl (C=O) groups is 4. The molecule has 2 N–H and O–H groups in total. The molecular formula is C29H34N2O7. The molecule has 0 aromatic heterocycles. The molecule has 0 saturated heterocycles. The number of likely N-dealkylation sites (N-methyl/N-ethyl adjacent to an activating group) is 1. The number of carboxylic acid groups (broad SMARTS) is 1. The molecule has 202 valence electrons. The molecule has 1 saturated carbocycles. The van der Waals surface area contributed by atoms with E-state index in [2.05, 4.69) is 29.6 Å². The van der Waals surface area contributed by atoms with Gasteiger partial charge in [-0.2, -0.15) is 0 Å². The molecule has 0 heterocycles. The summed E-state index contributed by atoms with van der Waals surface area (Å²) < 4.78 is 11.2. The Morgan fingerprint density at radius 2 is 1.53 bits per heavy atom. The fourth-order valence-electron chi connectivity index (χ4n) is 5.24. The highest BCUT2D eigenvalue weighted by Gasteiger charge is 2.30. The van der Waals surface area contributed by atoms with E-state index in [4.69, 9.17) is 14.6 Å². The highest BCUT2D eigenvalue weighted by Crippen LogP contribution is 2.44. The van der Waals surface area contributed by atoms with Crippen LogP contribution in [-0.4, -0.2) is 66.3 Å². The van der Waals surface area contributed by atoms with Gasteiger partial charge in [-0.05, 0) is 54.4 Å². The van der Waals surface area contributed by atoms with E-state index >= 15 is 0 Å². The number of hydrogen-bond donors (Lipinski definition) is 2. The summed E-state index contributed by atoms with van der Waals surface area (Å²) >= 11 is 0. The minimum atomic E-state index is -1.08. The zero-order valence-electron chi connectivity index (χ0n) is 21.6. The summed E-state index contributed by atoms with van der Waals surface area (Å²) in [5.74, 6) is -1.76. The highest BCUT2D eigenvalue weighted by atomic mass is 16.6. The first-order chi connectivity index (χ1) is 18.3. The molecule has 4 rings (SSSR count). The van der Waals surface area contributed by atoms with Crippen molar-refractivity contribution in [2.24, 2.45) is 0 Å². The van der Waals surface area contributed by atoms with Crippen molar-refractivity contribution in [3.05, 3.63) is 59.7 Å². The molecule has 1 fully saturated rings. The Morgan fingerprint density at radius 1 is 0.921 bits per heavy atom. The van der Waals surface area contributed by atoms with Crippen LogP contribution in [0.15, 0.2) is 48.5 Å². The maximum Gasteiger partial charge on any atom is 0.407 e. The number of benzene rings is 2. The monoisotopic (exact) mass is 522 g/mol. The first-order valence-corrected chi connectivity index (χ1v) is 13.1. The van der Waals surface area contributed by atoms with Crippen LogP contribution in [0.3, 0.4) is 0 Å². The Labute approximate surface area is 222 Å². The largest absolute Gasteiger partial charge is 0.480 e. The first kappa shape index (κ1) is 27.2. The lowest BCUT2D eigenvalue weighted by molar-refractivity contribution is -0.151. The van der Waals surface area contributed by atoms with Crippen molar-refractivity contribution in [1.82, 2.24) is 10.2 Å². The lowest BCUT2D eigenvalue weighted by Gasteiger charge is -2.28. The molecule has 38 heavy (non-hydrogen) atoms. The van der Waals surface area contributed by atoms with Crippen LogP contribution >= 0.6 is 0 Å². The van der Waals surface area contributed by atoms with Gasteiger partial charge in [-0.15, -0.1) is 0 Å². The summed E-state index contributed by atoms with van der Waals surface area (Å²) in [6, 6.07) is 16.4. The number of rotatable bonds is 10. The molecule has 9 nitrogen and oxygen atoms in total. The summed E-state index contributed by atoms with van der Waals surface area (Å²) in [6.07, 6.45) is 2.49. The predicted octanol–water partition coefficient (Wildman–Crippen LogP) is 4.09. The Kier molecular flexibility index (Phi) is 8.99. The molecule has 0 unspecified atom stereocenters. The van der Waals surface area contributed by atoms with Crippen LogP contribution in [0, 0.1) is 0 Å². The average molecular weight is 523 g/mol. The number of carboxylic acids is 1. The third-order valence-corrected chi connectivity index (χ3v) is 7.21. The summed E-state index contributed by atoms with van der Waals surface area (Å²) in [5, 5.41) is 11.7. The predicted molar refractivity (Wildman–Crippen MR) is 139 cm³/mol. The summed E-state index contributed by atoms with van der Waals surface area (Å²) in [5.41, 5.74) is 4.70. The van der Waals surface area contributed by atoms with Gasteiger partial charge in [0.2, 0.25) is 5.91 Å². The molecule has 2 aliphatic rings. The molecule has 2 aliphatic carbocycles. The fraction of sp³-hybridized carbons (Fsp3) is 0.448. The van der Waals surface area contributed by atoms with Crippen LogP contribution in [0.25, 0.3) is 11.1 Å². The van der Waals surface area contributed by atoms with E-state index in [-0.39, 0.29) is 55.9 Å². The van der Waals surface area contributed by atoms with E-state index in [1.807, 2.05) is 24.3 Å². The molecular weight excluding hydrogens is 488 g/mol. The van der Waals surface area contributed by atoms with Crippen LogP contribution in [0.5, 0.6) is 0 Å². The Balaban J connectivity index is 1.14. The SMILES string of the molecule is CN(CC(=O)O)C(=O)CCCC(=O)OC1CCC(NC(=O)OCC2c3ccccc3-c3ccccc32)CC1. The molecule has 0 spiro atoms. The zero-order chi connectivity index (χ0) is 27.1. The lowest BCUT2D eigenvalue weighted by Crippen LogP contribution is -2.40. The number of amides is 2. The van der Waals surface area contributed by atoms with Gasteiger partial charge in [0.1, 0.15) is 19.3 Å². The van der Waals surface area contributed by atoms with Gasteiger partial charge >= 0.3 is 18.0 Å². The lowest BCUT2D eigenvalue weighted by atomic mass is 9.93. The van der Waals surface area contributed by atoms with Crippen molar-refractivity contribution in [2.45, 2.75) is 63.0 Å². The normalized spacial score (nSPS) is 18.1. The molecule has 0 atom stereocenters. The molecule has 0 aliphatic heterocycles. The van der Waals surface area contributed by atoms with Crippen LogP contribution in [0.4, 0.5) is 4.79 Å². The molecule has 9 heteroatoms. The van der Waals surface area contributed by atoms with Crippen LogP contribution in [0.2, 0.25) is 0 Å². The zero-order valence-corrected chi connectivity index (χ0v) is 21.6. The van der Waals surface area contributed by atoms with Gasteiger partial charge < -0.3 is 24.8 Å². The Bertz CT molecular complexity index is 1130. The number of nitrogens with zero attached hydrogens (tertiary/aromatic N) is 1. The number of ether oxygens (including phenoxy) is 2. The van der Waals surface area contributed by atoms with E-state index in [1.54, 1.807) is 0 Å². The van der Waals surface area contributed by atoms with Gasteiger partial charge in [0.25, 0.3) is 0 Å². The number of alkyl carbamates (subject to hydrolysis) is 1. The number of carbonyl (C=O) groups excluding carboxylic acids is 3. The number of nitrogens with one attached hydrogen (secondary N) is 1. The van der Waals surface area contributed by atoms with Crippen LogP contribution < -0.4 is 5.32 Å². The number of aliphatic carboxylic acids is 1. The Hall–Kier alpha value is -3.88. The molecule has 2 aromatic rings. The van der Waals surface area contributed by atoms with Crippen molar-refractivity contribution in [1.29, 1.82) is 0 Å². The van der Waals surface area contributed by atoms with Crippen molar-refractivity contribution in [3.63, 3.8) is 0 Å². The second-order valence-corrected chi connectivity index (χ2v) is 9.93. The number of esters is 1. The van der Waals surface area contributed by atoms with Gasteiger partial charge in [-0.3, -0.25) is 14.4 Å². The van der Waals surface area contributed by atoms with Crippen molar-refractivity contribution < 1.29 is 33.8 Å². The van der Waals surface area contributed by atoms with E-state index in [1.165, 1.54) is 29.3 Å². The fourth-order valence-corrected chi connectivity index (χ4v) is 5.24. The summed E-state index contributed by atoms with van der Waals surface area (Å²) in [7, 11) is 1.42. The molecule has 2 aromatic carbocycles. The minimum Gasteiger partial charge on any atom is -0.480 e. The van der Waals surface area contributed by atoms with Crippen molar-refractivity contribution in [3.8, 4) is 11.1 Å². The maximum atomic E-state index is 12.5. The average Bonchev–Trinajstić information content (AvgIpc) is 3.22. The highest BCUT2D eigenvalue weighted by molar-refractivity contribution is 5.81.